The summed E-state index contributed by atoms with van der Waals surface area (Å²) in [4.78, 5) is 22.2. The number of rotatable bonds is 3. The lowest BCUT2D eigenvalue weighted by Gasteiger charge is -2.07. The molecule has 1 amide bonds. The number of nitro benzene ring substituents is 1. The van der Waals surface area contributed by atoms with Crippen LogP contribution >= 0.6 is 0 Å². The van der Waals surface area contributed by atoms with Gasteiger partial charge in [-0.3, -0.25) is 14.9 Å². The summed E-state index contributed by atoms with van der Waals surface area (Å²) in [5.41, 5.74) is 1.99. The molecule has 0 atom stereocenters. The third kappa shape index (κ3) is 2.37. The van der Waals surface area contributed by atoms with Crippen LogP contribution in [0.5, 0.6) is 0 Å². The second kappa shape index (κ2) is 5.12. The van der Waals surface area contributed by atoms with E-state index in [0.717, 1.165) is 11.4 Å². The molecular weight excluding hydrogens is 260 g/mol. The van der Waals surface area contributed by atoms with Crippen LogP contribution in [0.2, 0.25) is 0 Å². The van der Waals surface area contributed by atoms with Crippen LogP contribution in [0, 0.1) is 24.0 Å². The topological polar surface area (TPSA) is 90.1 Å². The first kappa shape index (κ1) is 13.7. The van der Waals surface area contributed by atoms with E-state index in [4.69, 9.17) is 0 Å². The van der Waals surface area contributed by atoms with Crippen molar-refractivity contribution in [2.45, 2.75) is 13.8 Å². The van der Waals surface area contributed by atoms with Gasteiger partial charge in [0.15, 0.2) is 0 Å². The summed E-state index contributed by atoms with van der Waals surface area (Å²) in [7, 11) is 1.48. The van der Waals surface area contributed by atoms with Crippen molar-refractivity contribution in [2.75, 3.05) is 7.05 Å². The van der Waals surface area contributed by atoms with Gasteiger partial charge in [-0.15, -0.1) is 0 Å². The van der Waals surface area contributed by atoms with Crippen molar-refractivity contribution in [1.29, 1.82) is 0 Å². The van der Waals surface area contributed by atoms with Gasteiger partial charge < -0.3 is 5.32 Å². The summed E-state index contributed by atoms with van der Waals surface area (Å²) in [5.74, 6) is -0.368. The Morgan fingerprint density at radius 3 is 2.55 bits per heavy atom. The number of nitrogens with zero attached hydrogens (tertiary/aromatic N) is 3. The van der Waals surface area contributed by atoms with Crippen LogP contribution in [0.4, 0.5) is 5.69 Å². The van der Waals surface area contributed by atoms with Crippen molar-refractivity contribution in [3.8, 4) is 5.69 Å². The molecule has 2 aromatic rings. The number of aryl methyl sites for hydroxylation is 2. The van der Waals surface area contributed by atoms with Gasteiger partial charge >= 0.3 is 0 Å². The Morgan fingerprint density at radius 1 is 1.35 bits per heavy atom. The van der Waals surface area contributed by atoms with Gasteiger partial charge in [0.25, 0.3) is 11.6 Å². The van der Waals surface area contributed by atoms with Crippen molar-refractivity contribution in [2.24, 2.45) is 0 Å². The Kier molecular flexibility index (Phi) is 3.51. The SMILES string of the molecule is CNC(=O)c1ccc(-n2nc(C)cc2C)c([N+](=O)[O-])c1. The lowest BCUT2D eigenvalue weighted by atomic mass is 10.1. The molecule has 0 aliphatic heterocycles. The molecule has 2 rings (SSSR count). The molecule has 0 saturated carbocycles. The molecule has 7 nitrogen and oxygen atoms in total. The monoisotopic (exact) mass is 274 g/mol. The highest BCUT2D eigenvalue weighted by molar-refractivity contribution is 5.95. The first-order valence-corrected chi connectivity index (χ1v) is 5.98. The number of hydrogen-bond acceptors (Lipinski definition) is 4. The van der Waals surface area contributed by atoms with Crippen LogP contribution in [-0.4, -0.2) is 27.7 Å². The predicted octanol–water partition coefficient (Wildman–Crippen LogP) is 1.76. The van der Waals surface area contributed by atoms with Gasteiger partial charge in [0.1, 0.15) is 5.69 Å². The second-order valence-corrected chi connectivity index (χ2v) is 4.38. The van der Waals surface area contributed by atoms with E-state index in [0.29, 0.717) is 5.69 Å². The van der Waals surface area contributed by atoms with Crippen LogP contribution in [0.1, 0.15) is 21.7 Å². The zero-order chi connectivity index (χ0) is 14.9. The summed E-state index contributed by atoms with van der Waals surface area (Å²) in [6.45, 7) is 3.63. The Labute approximate surface area is 115 Å². The predicted molar refractivity (Wildman–Crippen MR) is 73.1 cm³/mol. The van der Waals surface area contributed by atoms with Crippen molar-refractivity contribution in [1.82, 2.24) is 15.1 Å². The normalized spacial score (nSPS) is 10.3. The summed E-state index contributed by atoms with van der Waals surface area (Å²) >= 11 is 0. The van der Waals surface area contributed by atoms with Gasteiger partial charge in [0.2, 0.25) is 0 Å². The van der Waals surface area contributed by atoms with Crippen LogP contribution in [0.3, 0.4) is 0 Å². The number of amides is 1. The lowest BCUT2D eigenvalue weighted by molar-refractivity contribution is -0.384. The van der Waals surface area contributed by atoms with Crippen molar-refractivity contribution in [3.63, 3.8) is 0 Å². The minimum absolute atomic E-state index is 0.155. The molecular formula is C13H14N4O3. The Bertz CT molecular complexity index is 691. The highest BCUT2D eigenvalue weighted by Crippen LogP contribution is 2.25. The number of nitrogens with one attached hydrogen (secondary N) is 1. The van der Waals surface area contributed by atoms with E-state index in [1.54, 1.807) is 0 Å². The average molecular weight is 274 g/mol. The van der Waals surface area contributed by atoms with Gasteiger partial charge in [-0.05, 0) is 32.0 Å². The molecule has 0 aliphatic carbocycles. The van der Waals surface area contributed by atoms with Gasteiger partial charge in [-0.2, -0.15) is 5.10 Å². The second-order valence-electron chi connectivity index (χ2n) is 4.38. The maximum absolute atomic E-state index is 11.6. The molecule has 1 aromatic carbocycles. The summed E-state index contributed by atoms with van der Waals surface area (Å²) in [6.07, 6.45) is 0. The smallest absolute Gasteiger partial charge is 0.295 e. The third-order valence-electron chi connectivity index (χ3n) is 2.90. The standard InChI is InChI=1S/C13H14N4O3/c1-8-6-9(2)16(15-8)11-5-4-10(13(18)14-3)7-12(11)17(19)20/h4-7H,1-3H3,(H,14,18). The zero-order valence-corrected chi connectivity index (χ0v) is 11.4. The number of aromatic nitrogens is 2. The molecule has 7 heteroatoms. The number of benzene rings is 1. The van der Waals surface area contributed by atoms with Crippen LogP contribution in [0.25, 0.3) is 5.69 Å². The molecule has 1 aromatic heterocycles. The van der Waals surface area contributed by atoms with E-state index in [-0.39, 0.29) is 17.2 Å². The Balaban J connectivity index is 2.62. The minimum atomic E-state index is -0.516. The first-order valence-electron chi connectivity index (χ1n) is 5.98. The fraction of sp³-hybridized carbons (Fsp3) is 0.231. The minimum Gasteiger partial charge on any atom is -0.355 e. The van der Waals surface area contributed by atoms with E-state index in [2.05, 4.69) is 10.4 Å². The van der Waals surface area contributed by atoms with Gasteiger partial charge in [-0.1, -0.05) is 0 Å². The molecule has 1 N–H and O–H groups in total. The van der Waals surface area contributed by atoms with Crippen molar-refractivity contribution in [3.05, 3.63) is 51.3 Å². The number of hydrogen-bond donors (Lipinski definition) is 1. The molecule has 0 aliphatic rings. The van der Waals surface area contributed by atoms with Gasteiger partial charge in [-0.25, -0.2) is 4.68 Å². The van der Waals surface area contributed by atoms with Crippen molar-refractivity contribution >= 4 is 11.6 Å². The Hall–Kier alpha value is -2.70. The molecule has 0 saturated heterocycles. The number of carbonyl (C=O) groups excluding carboxylic acids is 1. The maximum atomic E-state index is 11.6. The molecule has 20 heavy (non-hydrogen) atoms. The maximum Gasteiger partial charge on any atom is 0.295 e. The third-order valence-corrected chi connectivity index (χ3v) is 2.90. The molecule has 1 heterocycles. The molecule has 0 radical (unpaired) electrons. The zero-order valence-electron chi connectivity index (χ0n) is 11.4. The fourth-order valence-electron chi connectivity index (χ4n) is 2.01. The van der Waals surface area contributed by atoms with Gasteiger partial charge in [0.05, 0.1) is 10.6 Å². The number of nitro groups is 1. The molecule has 0 bridgehead atoms. The van der Waals surface area contributed by atoms with Crippen LogP contribution in [0.15, 0.2) is 24.3 Å². The van der Waals surface area contributed by atoms with Crippen LogP contribution < -0.4 is 5.32 Å². The Morgan fingerprint density at radius 2 is 2.05 bits per heavy atom. The van der Waals surface area contributed by atoms with Crippen LogP contribution in [-0.2, 0) is 0 Å². The highest BCUT2D eigenvalue weighted by Gasteiger charge is 2.20. The van der Waals surface area contributed by atoms with E-state index in [9.17, 15) is 14.9 Å². The average Bonchev–Trinajstić information content (AvgIpc) is 2.76. The summed E-state index contributed by atoms with van der Waals surface area (Å²) in [6, 6.07) is 6.15. The van der Waals surface area contributed by atoms with E-state index < -0.39 is 4.92 Å². The fourth-order valence-corrected chi connectivity index (χ4v) is 2.01. The molecule has 0 spiro atoms. The largest absolute Gasteiger partial charge is 0.355 e. The van der Waals surface area contributed by atoms with E-state index in [1.165, 1.54) is 29.9 Å². The summed E-state index contributed by atoms with van der Waals surface area (Å²) in [5, 5.41) is 17.9. The lowest BCUT2D eigenvalue weighted by Crippen LogP contribution is -2.18. The number of carbonyl (C=O) groups is 1. The molecule has 104 valence electrons. The van der Waals surface area contributed by atoms with Crippen molar-refractivity contribution < 1.29 is 9.72 Å². The van der Waals surface area contributed by atoms with E-state index in [1.807, 2.05) is 19.9 Å². The first-order chi connectivity index (χ1) is 9.43. The molecule has 0 fully saturated rings. The summed E-state index contributed by atoms with van der Waals surface area (Å²) < 4.78 is 1.50. The quantitative estimate of drug-likeness (QED) is 0.682. The van der Waals surface area contributed by atoms with E-state index >= 15 is 0 Å². The van der Waals surface area contributed by atoms with Gasteiger partial charge in [0, 0.05) is 24.4 Å². The molecule has 0 unspecified atom stereocenters. The highest BCUT2D eigenvalue weighted by atomic mass is 16.6.